The van der Waals surface area contributed by atoms with Gasteiger partial charge in [-0.2, -0.15) is 0 Å². The maximum absolute atomic E-state index is 11.9. The zero-order valence-electron chi connectivity index (χ0n) is 11.4. The van der Waals surface area contributed by atoms with E-state index < -0.39 is 5.60 Å². The van der Waals surface area contributed by atoms with E-state index in [4.69, 9.17) is 0 Å². The van der Waals surface area contributed by atoms with Gasteiger partial charge < -0.3 is 10.4 Å². The molecule has 1 aliphatic carbocycles. The molecule has 0 aromatic carbocycles. The minimum absolute atomic E-state index is 0.147. The second-order valence-electron chi connectivity index (χ2n) is 5.28. The lowest BCUT2D eigenvalue weighted by Crippen LogP contribution is -2.42. The van der Waals surface area contributed by atoms with Crippen molar-refractivity contribution < 1.29 is 9.90 Å². The fraction of sp³-hybridized carbons (Fsp3) is 0.769. The predicted octanol–water partition coefficient (Wildman–Crippen LogP) is 1.18. The van der Waals surface area contributed by atoms with Gasteiger partial charge in [-0.25, -0.2) is 4.98 Å². The summed E-state index contributed by atoms with van der Waals surface area (Å²) < 4.78 is 0. The maximum Gasteiger partial charge on any atom is 0.291 e. The number of hydrogen-bond donors (Lipinski definition) is 3. The number of carbonyl (C=O) groups is 1. The third kappa shape index (κ3) is 3.76. The number of aromatic nitrogens is 3. The van der Waals surface area contributed by atoms with E-state index in [0.29, 0.717) is 12.2 Å². The van der Waals surface area contributed by atoms with Gasteiger partial charge in [0.15, 0.2) is 0 Å². The first-order valence-corrected chi connectivity index (χ1v) is 7.05. The van der Waals surface area contributed by atoms with Crippen LogP contribution in [-0.4, -0.2) is 38.3 Å². The van der Waals surface area contributed by atoms with Crippen molar-refractivity contribution in [1.82, 2.24) is 20.5 Å². The molecule has 0 unspecified atom stereocenters. The van der Waals surface area contributed by atoms with Gasteiger partial charge in [-0.1, -0.05) is 32.6 Å². The van der Waals surface area contributed by atoms with E-state index >= 15 is 0 Å². The van der Waals surface area contributed by atoms with Crippen molar-refractivity contribution in [2.75, 3.05) is 6.54 Å². The van der Waals surface area contributed by atoms with Crippen LogP contribution in [-0.2, 0) is 6.42 Å². The van der Waals surface area contributed by atoms with Gasteiger partial charge >= 0.3 is 0 Å². The van der Waals surface area contributed by atoms with Gasteiger partial charge in [-0.05, 0) is 12.8 Å². The summed E-state index contributed by atoms with van der Waals surface area (Å²) in [5, 5.41) is 19.7. The zero-order chi connectivity index (χ0) is 13.7. The van der Waals surface area contributed by atoms with E-state index in [9.17, 15) is 9.90 Å². The van der Waals surface area contributed by atoms with E-state index in [2.05, 4.69) is 20.5 Å². The second-order valence-corrected chi connectivity index (χ2v) is 5.28. The predicted molar refractivity (Wildman–Crippen MR) is 70.7 cm³/mol. The van der Waals surface area contributed by atoms with E-state index in [-0.39, 0.29) is 18.3 Å². The molecule has 1 saturated carbocycles. The van der Waals surface area contributed by atoms with Crippen LogP contribution in [0.2, 0.25) is 0 Å². The number of aliphatic hydroxyl groups is 1. The van der Waals surface area contributed by atoms with Gasteiger partial charge in [0.25, 0.3) is 5.91 Å². The Bertz CT molecular complexity index is 422. The van der Waals surface area contributed by atoms with Crippen molar-refractivity contribution in [1.29, 1.82) is 0 Å². The Labute approximate surface area is 113 Å². The first-order chi connectivity index (χ1) is 9.13. The molecule has 1 aromatic rings. The number of aryl methyl sites for hydroxylation is 1. The topological polar surface area (TPSA) is 90.9 Å². The summed E-state index contributed by atoms with van der Waals surface area (Å²) in [5.41, 5.74) is -0.768. The first-order valence-electron chi connectivity index (χ1n) is 7.05. The molecule has 6 nitrogen and oxygen atoms in total. The lowest BCUT2D eigenvalue weighted by molar-refractivity contribution is 0.0245. The number of nitrogens with one attached hydrogen (secondary N) is 2. The van der Waals surface area contributed by atoms with E-state index in [0.717, 1.165) is 38.5 Å². The molecule has 0 bridgehead atoms. The summed E-state index contributed by atoms with van der Waals surface area (Å²) in [4.78, 5) is 16.0. The summed E-state index contributed by atoms with van der Waals surface area (Å²) in [7, 11) is 0. The highest BCUT2D eigenvalue weighted by Crippen LogP contribution is 2.26. The summed E-state index contributed by atoms with van der Waals surface area (Å²) in [5.74, 6) is 0.515. The van der Waals surface area contributed by atoms with Crippen molar-refractivity contribution in [3.63, 3.8) is 0 Å². The number of H-pyrrole nitrogens is 1. The molecule has 1 amide bonds. The van der Waals surface area contributed by atoms with Crippen LogP contribution < -0.4 is 5.32 Å². The summed E-state index contributed by atoms with van der Waals surface area (Å²) >= 11 is 0. The Kier molecular flexibility index (Phi) is 4.52. The Morgan fingerprint density at radius 1 is 1.37 bits per heavy atom. The quantitative estimate of drug-likeness (QED) is 0.714. The molecule has 0 spiro atoms. The molecule has 0 aliphatic heterocycles. The Morgan fingerprint density at radius 3 is 2.63 bits per heavy atom. The summed E-state index contributed by atoms with van der Waals surface area (Å²) in [6, 6.07) is 0. The number of hydrogen-bond acceptors (Lipinski definition) is 4. The molecule has 2 rings (SSSR count). The lowest BCUT2D eigenvalue weighted by atomic mass is 9.94. The molecule has 0 atom stereocenters. The van der Waals surface area contributed by atoms with Crippen LogP contribution >= 0.6 is 0 Å². The van der Waals surface area contributed by atoms with Gasteiger partial charge in [0.2, 0.25) is 5.82 Å². The molecule has 1 fully saturated rings. The summed E-state index contributed by atoms with van der Waals surface area (Å²) in [6.45, 7) is 2.22. The van der Waals surface area contributed by atoms with Crippen molar-refractivity contribution in [3.8, 4) is 0 Å². The SMILES string of the molecule is CCc1nc(C(=O)NCC2(O)CCCCCC2)n[nH]1. The number of rotatable bonds is 4. The van der Waals surface area contributed by atoms with E-state index in [1.54, 1.807) is 0 Å². The minimum Gasteiger partial charge on any atom is -0.388 e. The summed E-state index contributed by atoms with van der Waals surface area (Å²) in [6.07, 6.45) is 6.58. The highest BCUT2D eigenvalue weighted by molar-refractivity contribution is 5.90. The highest BCUT2D eigenvalue weighted by atomic mass is 16.3. The van der Waals surface area contributed by atoms with Crippen molar-refractivity contribution in [2.45, 2.75) is 57.5 Å². The van der Waals surface area contributed by atoms with Crippen LogP contribution in [0, 0.1) is 0 Å². The second kappa shape index (κ2) is 6.14. The maximum atomic E-state index is 11.9. The van der Waals surface area contributed by atoms with Crippen LogP contribution in [0.15, 0.2) is 0 Å². The first kappa shape index (κ1) is 14.0. The van der Waals surface area contributed by atoms with Gasteiger partial charge in [-0.15, -0.1) is 5.10 Å². The van der Waals surface area contributed by atoms with Crippen LogP contribution in [0.25, 0.3) is 0 Å². The molecule has 1 heterocycles. The van der Waals surface area contributed by atoms with Gasteiger partial charge in [0, 0.05) is 13.0 Å². The van der Waals surface area contributed by atoms with Gasteiger partial charge in [0.1, 0.15) is 5.82 Å². The van der Waals surface area contributed by atoms with Crippen molar-refractivity contribution in [2.24, 2.45) is 0 Å². The average Bonchev–Trinajstić information content (AvgIpc) is 2.79. The molecule has 6 heteroatoms. The molecule has 19 heavy (non-hydrogen) atoms. The standard InChI is InChI=1S/C13H22N4O2/c1-2-10-15-11(17-16-10)12(18)14-9-13(19)7-5-3-4-6-8-13/h19H,2-9H2,1H3,(H,14,18)(H,15,16,17). The monoisotopic (exact) mass is 266 g/mol. The smallest absolute Gasteiger partial charge is 0.291 e. The Morgan fingerprint density at radius 2 is 2.05 bits per heavy atom. The third-order valence-electron chi connectivity index (χ3n) is 3.68. The van der Waals surface area contributed by atoms with Crippen LogP contribution in [0.4, 0.5) is 0 Å². The number of carbonyl (C=O) groups excluding carboxylic acids is 1. The molecular weight excluding hydrogens is 244 g/mol. The molecule has 1 aromatic heterocycles. The van der Waals surface area contributed by atoms with Crippen LogP contribution in [0.5, 0.6) is 0 Å². The fourth-order valence-corrected chi connectivity index (χ4v) is 2.44. The van der Waals surface area contributed by atoms with Crippen molar-refractivity contribution in [3.05, 3.63) is 11.6 Å². The Balaban J connectivity index is 1.88. The molecule has 1 aliphatic rings. The zero-order valence-corrected chi connectivity index (χ0v) is 11.4. The normalized spacial score (nSPS) is 18.8. The van der Waals surface area contributed by atoms with Crippen molar-refractivity contribution >= 4 is 5.91 Å². The molecular formula is C13H22N4O2. The third-order valence-corrected chi connectivity index (χ3v) is 3.68. The van der Waals surface area contributed by atoms with E-state index in [1.165, 1.54) is 0 Å². The average molecular weight is 266 g/mol. The van der Waals surface area contributed by atoms with Gasteiger partial charge in [0.05, 0.1) is 5.60 Å². The fourth-order valence-electron chi connectivity index (χ4n) is 2.44. The van der Waals surface area contributed by atoms with Crippen LogP contribution in [0.1, 0.15) is 61.9 Å². The molecule has 3 N–H and O–H groups in total. The lowest BCUT2D eigenvalue weighted by Gasteiger charge is -2.26. The minimum atomic E-state index is -0.768. The molecule has 0 saturated heterocycles. The van der Waals surface area contributed by atoms with Crippen LogP contribution in [0.3, 0.4) is 0 Å². The number of nitrogens with zero attached hydrogens (tertiary/aromatic N) is 2. The van der Waals surface area contributed by atoms with E-state index in [1.807, 2.05) is 6.92 Å². The highest BCUT2D eigenvalue weighted by Gasteiger charge is 2.28. The molecule has 106 valence electrons. The number of aromatic amines is 1. The van der Waals surface area contributed by atoms with Gasteiger partial charge in [-0.3, -0.25) is 9.89 Å². The molecule has 0 radical (unpaired) electrons. The largest absolute Gasteiger partial charge is 0.388 e. The number of amides is 1. The Hall–Kier alpha value is -1.43.